The van der Waals surface area contributed by atoms with Crippen molar-refractivity contribution >= 4 is 10.9 Å². The number of H-pyrrole nitrogens is 2. The van der Waals surface area contributed by atoms with Crippen LogP contribution in [-0.2, 0) is 13.5 Å². The molecule has 0 bridgehead atoms. The third-order valence-corrected chi connectivity index (χ3v) is 6.05. The molecular formula is C24H21FN6. The van der Waals surface area contributed by atoms with Crippen molar-refractivity contribution in [3.05, 3.63) is 95.6 Å². The van der Waals surface area contributed by atoms with Gasteiger partial charge in [0, 0.05) is 35.4 Å². The van der Waals surface area contributed by atoms with Crippen molar-refractivity contribution in [3.8, 4) is 11.3 Å². The average Bonchev–Trinajstić information content (AvgIpc) is 3.52. The van der Waals surface area contributed by atoms with Crippen molar-refractivity contribution < 1.29 is 4.39 Å². The Hall–Kier alpha value is -3.71. The molecule has 2 atom stereocenters. The molecule has 7 heteroatoms. The van der Waals surface area contributed by atoms with Gasteiger partial charge in [0.15, 0.2) is 0 Å². The number of aromatic amines is 2. The van der Waals surface area contributed by atoms with Crippen LogP contribution in [0, 0.1) is 5.82 Å². The maximum Gasteiger partial charge on any atom is 0.124 e. The molecule has 1 aliphatic heterocycles. The number of halogens is 1. The minimum Gasteiger partial charge on any atom is -0.357 e. The summed E-state index contributed by atoms with van der Waals surface area (Å²) in [6, 6.07) is 14.8. The van der Waals surface area contributed by atoms with Crippen LogP contribution in [0.2, 0.25) is 0 Å². The lowest BCUT2D eigenvalue weighted by Gasteiger charge is -2.30. The van der Waals surface area contributed by atoms with Crippen LogP contribution in [-0.4, -0.2) is 24.7 Å². The van der Waals surface area contributed by atoms with Crippen LogP contribution in [0.5, 0.6) is 0 Å². The van der Waals surface area contributed by atoms with Crippen LogP contribution in [0.25, 0.3) is 22.2 Å². The predicted octanol–water partition coefficient (Wildman–Crippen LogP) is 4.41. The van der Waals surface area contributed by atoms with Crippen LogP contribution < -0.4 is 5.32 Å². The van der Waals surface area contributed by atoms with Crippen molar-refractivity contribution in [3.63, 3.8) is 0 Å². The third kappa shape index (κ3) is 3.05. The number of nitrogens with zero attached hydrogens (tertiary/aromatic N) is 3. The van der Waals surface area contributed by atoms with Crippen molar-refractivity contribution in [1.82, 2.24) is 30.0 Å². The van der Waals surface area contributed by atoms with Crippen molar-refractivity contribution in [2.45, 2.75) is 18.5 Å². The Labute approximate surface area is 178 Å². The molecule has 6 rings (SSSR count). The first-order valence-electron chi connectivity index (χ1n) is 10.3. The van der Waals surface area contributed by atoms with Crippen molar-refractivity contribution in [2.24, 2.45) is 7.05 Å². The van der Waals surface area contributed by atoms with Crippen LogP contribution in [0.3, 0.4) is 0 Å². The second-order valence-corrected chi connectivity index (χ2v) is 8.06. The lowest BCUT2D eigenvalue weighted by molar-refractivity contribution is 0.433. The van der Waals surface area contributed by atoms with Gasteiger partial charge in [0.05, 0.1) is 30.2 Å². The monoisotopic (exact) mass is 412 g/mol. The first-order valence-corrected chi connectivity index (χ1v) is 10.3. The zero-order valence-electron chi connectivity index (χ0n) is 16.9. The lowest BCUT2D eigenvalue weighted by Crippen LogP contribution is -2.34. The summed E-state index contributed by atoms with van der Waals surface area (Å²) in [6.45, 7) is 0. The molecule has 0 saturated heterocycles. The van der Waals surface area contributed by atoms with E-state index in [2.05, 4.69) is 49.6 Å². The maximum atomic E-state index is 13.3. The van der Waals surface area contributed by atoms with Crippen molar-refractivity contribution in [2.75, 3.05) is 0 Å². The Kier molecular flexibility index (Phi) is 4.04. The van der Waals surface area contributed by atoms with E-state index < -0.39 is 0 Å². The molecule has 0 saturated carbocycles. The van der Waals surface area contributed by atoms with Gasteiger partial charge in [0.1, 0.15) is 11.6 Å². The Morgan fingerprint density at radius 2 is 1.87 bits per heavy atom. The minimum absolute atomic E-state index is 0.00566. The molecule has 0 aliphatic carbocycles. The highest BCUT2D eigenvalue weighted by Gasteiger charge is 2.33. The molecule has 6 nitrogen and oxygen atoms in total. The van der Waals surface area contributed by atoms with Crippen molar-refractivity contribution in [1.29, 1.82) is 0 Å². The van der Waals surface area contributed by atoms with E-state index in [-0.39, 0.29) is 17.9 Å². The molecule has 2 aromatic carbocycles. The van der Waals surface area contributed by atoms with Gasteiger partial charge in [-0.05, 0) is 47.9 Å². The highest BCUT2D eigenvalue weighted by atomic mass is 19.1. The smallest absolute Gasteiger partial charge is 0.124 e. The Morgan fingerprint density at radius 3 is 2.68 bits per heavy atom. The lowest BCUT2D eigenvalue weighted by atomic mass is 9.91. The summed E-state index contributed by atoms with van der Waals surface area (Å²) in [5.74, 6) is 0.618. The molecule has 154 valence electrons. The van der Waals surface area contributed by atoms with Gasteiger partial charge < -0.3 is 9.97 Å². The van der Waals surface area contributed by atoms with E-state index in [9.17, 15) is 4.39 Å². The molecule has 0 amide bonds. The van der Waals surface area contributed by atoms with Crippen LogP contribution >= 0.6 is 0 Å². The fourth-order valence-electron chi connectivity index (χ4n) is 4.55. The van der Waals surface area contributed by atoms with E-state index in [4.69, 9.17) is 0 Å². The number of nitrogens with one attached hydrogen (secondary N) is 3. The molecule has 3 aromatic heterocycles. The molecule has 1 aliphatic rings. The second-order valence-electron chi connectivity index (χ2n) is 8.06. The minimum atomic E-state index is -0.247. The third-order valence-electron chi connectivity index (χ3n) is 6.05. The zero-order valence-corrected chi connectivity index (χ0v) is 16.9. The fourth-order valence-corrected chi connectivity index (χ4v) is 4.55. The molecule has 31 heavy (non-hydrogen) atoms. The Bertz CT molecular complexity index is 1380. The molecule has 4 heterocycles. The summed E-state index contributed by atoms with van der Waals surface area (Å²) in [5, 5.41) is 9.37. The maximum absolute atomic E-state index is 13.3. The predicted molar refractivity (Wildman–Crippen MR) is 117 cm³/mol. The molecule has 1 unspecified atom stereocenters. The van der Waals surface area contributed by atoms with E-state index in [0.717, 1.165) is 34.6 Å². The number of benzene rings is 2. The molecule has 5 aromatic rings. The van der Waals surface area contributed by atoms with Gasteiger partial charge >= 0.3 is 0 Å². The van der Waals surface area contributed by atoms with E-state index in [0.29, 0.717) is 0 Å². The summed E-state index contributed by atoms with van der Waals surface area (Å²) in [6.07, 6.45) is 6.57. The van der Waals surface area contributed by atoms with Gasteiger partial charge in [-0.15, -0.1) is 0 Å². The standard InChI is InChI=1S/C24H21FN6/c1-31-13-15(11-27-31)22-23-18(17-4-2-3-5-19(17)28-23)10-20(29-22)24-26-12-21(30-24)14-6-8-16(25)9-7-14/h2-9,11-13,20,22,28-29H,10H2,1H3,(H,26,30)/t20-,22?/m1/s1. The number of aromatic nitrogens is 5. The number of hydrogen-bond acceptors (Lipinski definition) is 3. The summed E-state index contributed by atoms with van der Waals surface area (Å²) >= 11 is 0. The first-order chi connectivity index (χ1) is 15.2. The van der Waals surface area contributed by atoms with E-state index in [1.165, 1.54) is 28.8 Å². The van der Waals surface area contributed by atoms with Gasteiger partial charge in [0.25, 0.3) is 0 Å². The molecular weight excluding hydrogens is 391 g/mol. The van der Waals surface area contributed by atoms with Gasteiger partial charge in [-0.25, -0.2) is 9.37 Å². The molecule has 0 spiro atoms. The quantitative estimate of drug-likeness (QED) is 0.411. The normalized spacial score (nSPS) is 18.4. The van der Waals surface area contributed by atoms with Gasteiger partial charge in [-0.2, -0.15) is 5.10 Å². The number of imidazole rings is 1. The highest BCUT2D eigenvalue weighted by Crippen LogP contribution is 2.38. The zero-order chi connectivity index (χ0) is 20.9. The van der Waals surface area contributed by atoms with E-state index >= 15 is 0 Å². The summed E-state index contributed by atoms with van der Waals surface area (Å²) in [7, 11) is 1.93. The van der Waals surface area contributed by atoms with Crippen LogP contribution in [0.1, 0.15) is 34.7 Å². The second kappa shape index (κ2) is 6.92. The Balaban J connectivity index is 1.42. The molecule has 0 fully saturated rings. The number of rotatable bonds is 3. The number of aryl methyl sites for hydroxylation is 1. The van der Waals surface area contributed by atoms with Gasteiger partial charge in [-0.1, -0.05) is 18.2 Å². The number of para-hydroxylation sites is 1. The number of fused-ring (bicyclic) bond motifs is 3. The largest absolute Gasteiger partial charge is 0.357 e. The van der Waals surface area contributed by atoms with Gasteiger partial charge in [0.2, 0.25) is 0 Å². The SMILES string of the molecule is Cn1cc(C2N[C@@H](c3ncc(-c4ccc(F)cc4)[nH]3)Cc3c2[nH]c2ccccc32)cn1. The summed E-state index contributed by atoms with van der Waals surface area (Å²) in [5.41, 5.74) is 6.50. The number of hydrogen-bond donors (Lipinski definition) is 3. The Morgan fingerprint density at radius 1 is 1.03 bits per heavy atom. The summed E-state index contributed by atoms with van der Waals surface area (Å²) < 4.78 is 15.1. The first kappa shape index (κ1) is 18.1. The van der Waals surface area contributed by atoms with Gasteiger partial charge in [-0.3, -0.25) is 10.00 Å². The van der Waals surface area contributed by atoms with E-state index in [1.54, 1.807) is 12.1 Å². The van der Waals surface area contributed by atoms with E-state index in [1.807, 2.05) is 30.3 Å². The fraction of sp³-hybridized carbons (Fsp3) is 0.167. The van der Waals surface area contributed by atoms with Crippen LogP contribution in [0.15, 0.2) is 67.1 Å². The molecule has 3 N–H and O–H groups in total. The topological polar surface area (TPSA) is 74.3 Å². The average molecular weight is 412 g/mol. The highest BCUT2D eigenvalue weighted by molar-refractivity contribution is 5.85. The summed E-state index contributed by atoms with van der Waals surface area (Å²) in [4.78, 5) is 11.7. The van der Waals surface area contributed by atoms with Crippen LogP contribution in [0.4, 0.5) is 4.39 Å². The molecule has 0 radical (unpaired) electrons.